The summed E-state index contributed by atoms with van der Waals surface area (Å²) in [5.74, 6) is 0.0278. The lowest BCUT2D eigenvalue weighted by atomic mass is 10.1. The lowest BCUT2D eigenvalue weighted by Gasteiger charge is -2.37. The van der Waals surface area contributed by atoms with Gasteiger partial charge in [-0.1, -0.05) is 19.1 Å². The van der Waals surface area contributed by atoms with Gasteiger partial charge in [-0.2, -0.15) is 0 Å². The Morgan fingerprint density at radius 2 is 1.67 bits per heavy atom. The summed E-state index contributed by atoms with van der Waals surface area (Å²) in [6.45, 7) is 4.50. The first-order valence-corrected chi connectivity index (χ1v) is 9.83. The van der Waals surface area contributed by atoms with E-state index >= 15 is 0 Å². The zero-order valence-corrected chi connectivity index (χ0v) is 16.6. The largest absolute Gasteiger partial charge is 0.366 e. The maximum absolute atomic E-state index is 12.8. The van der Waals surface area contributed by atoms with E-state index in [0.29, 0.717) is 37.4 Å². The Hall–Kier alpha value is -3.75. The molecular weight excluding hydrogens is 384 g/mol. The molecule has 0 radical (unpaired) electrons. The van der Waals surface area contributed by atoms with E-state index in [1.54, 1.807) is 10.6 Å². The third-order valence-corrected chi connectivity index (χ3v) is 5.38. The van der Waals surface area contributed by atoms with Gasteiger partial charge >= 0.3 is 0 Å². The Morgan fingerprint density at radius 3 is 2.27 bits per heavy atom. The number of aromatic nitrogens is 3. The molecule has 1 aliphatic rings. The van der Waals surface area contributed by atoms with E-state index in [4.69, 9.17) is 0 Å². The third-order valence-electron chi connectivity index (χ3n) is 5.38. The summed E-state index contributed by atoms with van der Waals surface area (Å²) in [5, 5.41) is 18.8. The van der Waals surface area contributed by atoms with Crippen LogP contribution in [0.5, 0.6) is 0 Å². The van der Waals surface area contributed by atoms with Crippen LogP contribution < -0.4 is 4.90 Å². The molecule has 30 heavy (non-hydrogen) atoms. The molecule has 0 spiro atoms. The first kappa shape index (κ1) is 19.6. The van der Waals surface area contributed by atoms with Crippen LogP contribution in [0.2, 0.25) is 0 Å². The van der Waals surface area contributed by atoms with Gasteiger partial charge in [-0.05, 0) is 30.2 Å². The van der Waals surface area contributed by atoms with Crippen LogP contribution in [0.1, 0.15) is 22.8 Å². The lowest BCUT2D eigenvalue weighted by Crippen LogP contribution is -2.49. The van der Waals surface area contributed by atoms with Gasteiger partial charge in [0.05, 0.1) is 16.3 Å². The first-order valence-electron chi connectivity index (χ1n) is 9.83. The van der Waals surface area contributed by atoms with Gasteiger partial charge in [0, 0.05) is 43.9 Å². The van der Waals surface area contributed by atoms with E-state index < -0.39 is 4.92 Å². The van der Waals surface area contributed by atoms with Crippen LogP contribution in [0.15, 0.2) is 55.1 Å². The number of hydrogen-bond acceptors (Lipinski definition) is 6. The molecule has 0 bridgehead atoms. The highest BCUT2D eigenvalue weighted by Gasteiger charge is 2.25. The van der Waals surface area contributed by atoms with Gasteiger partial charge in [0.25, 0.3) is 11.6 Å². The average Bonchev–Trinajstić information content (AvgIpc) is 3.33. The average molecular weight is 406 g/mol. The maximum atomic E-state index is 12.8. The predicted molar refractivity (Wildman–Crippen MR) is 112 cm³/mol. The van der Waals surface area contributed by atoms with Crippen LogP contribution in [-0.4, -0.2) is 56.7 Å². The highest BCUT2D eigenvalue weighted by Crippen LogP contribution is 2.29. The summed E-state index contributed by atoms with van der Waals surface area (Å²) in [7, 11) is 0. The molecule has 9 heteroatoms. The molecule has 0 unspecified atom stereocenters. The minimum Gasteiger partial charge on any atom is -0.366 e. The summed E-state index contributed by atoms with van der Waals surface area (Å²) in [6.07, 6.45) is 3.97. The van der Waals surface area contributed by atoms with Gasteiger partial charge in [-0.3, -0.25) is 19.5 Å². The minimum absolute atomic E-state index is 0.00629. The highest BCUT2D eigenvalue weighted by atomic mass is 16.6. The summed E-state index contributed by atoms with van der Waals surface area (Å²) in [5.41, 5.74) is 3.40. The molecule has 1 aliphatic heterocycles. The van der Waals surface area contributed by atoms with E-state index in [1.165, 1.54) is 30.4 Å². The fourth-order valence-electron chi connectivity index (χ4n) is 3.64. The Bertz CT molecular complexity index is 1040. The van der Waals surface area contributed by atoms with Crippen molar-refractivity contribution in [3.63, 3.8) is 0 Å². The maximum Gasteiger partial charge on any atom is 0.271 e. The number of amides is 1. The second-order valence-corrected chi connectivity index (χ2v) is 7.13. The normalized spacial score (nSPS) is 14.0. The Kier molecular flexibility index (Phi) is 5.42. The van der Waals surface area contributed by atoms with Crippen LogP contribution >= 0.6 is 0 Å². The summed E-state index contributed by atoms with van der Waals surface area (Å²) >= 11 is 0. The quantitative estimate of drug-likeness (QED) is 0.477. The fourth-order valence-corrected chi connectivity index (χ4v) is 3.64. The molecule has 2 aromatic carbocycles. The van der Waals surface area contributed by atoms with E-state index in [1.807, 2.05) is 29.2 Å². The molecule has 3 aromatic rings. The van der Waals surface area contributed by atoms with Gasteiger partial charge in [0.1, 0.15) is 12.7 Å². The number of carbonyl (C=O) groups excluding carboxylic acids is 1. The van der Waals surface area contributed by atoms with Crippen molar-refractivity contribution < 1.29 is 9.72 Å². The second-order valence-electron chi connectivity index (χ2n) is 7.13. The molecule has 0 atom stereocenters. The summed E-state index contributed by atoms with van der Waals surface area (Å²) < 4.78 is 1.66. The standard InChI is InChI=1S/C21H22N6O3/c1-2-16-3-5-17(6-4-16)21(28)25-11-9-24(10-12-25)19-8-7-18(27(29)30)13-20(19)26-14-22-23-15-26/h3-8,13-15H,2,9-12H2,1H3. The van der Waals surface area contributed by atoms with Gasteiger partial charge in [-0.15, -0.1) is 10.2 Å². The van der Waals surface area contributed by atoms with E-state index in [9.17, 15) is 14.9 Å². The zero-order valence-electron chi connectivity index (χ0n) is 16.6. The second kappa shape index (κ2) is 8.32. The van der Waals surface area contributed by atoms with Crippen LogP contribution in [0, 0.1) is 10.1 Å². The Morgan fingerprint density at radius 1 is 1.00 bits per heavy atom. The number of nitro benzene ring substituents is 1. The van der Waals surface area contributed by atoms with Crippen molar-refractivity contribution in [1.82, 2.24) is 19.7 Å². The lowest BCUT2D eigenvalue weighted by molar-refractivity contribution is -0.384. The smallest absolute Gasteiger partial charge is 0.271 e. The molecular formula is C21H22N6O3. The van der Waals surface area contributed by atoms with Crippen molar-refractivity contribution in [2.45, 2.75) is 13.3 Å². The number of carbonyl (C=O) groups is 1. The van der Waals surface area contributed by atoms with Crippen molar-refractivity contribution in [2.24, 2.45) is 0 Å². The van der Waals surface area contributed by atoms with Crippen molar-refractivity contribution in [1.29, 1.82) is 0 Å². The summed E-state index contributed by atoms with van der Waals surface area (Å²) in [6, 6.07) is 12.5. The number of non-ortho nitro benzene ring substituents is 1. The van der Waals surface area contributed by atoms with Gasteiger partial charge < -0.3 is 9.80 Å². The number of nitro groups is 1. The summed E-state index contributed by atoms with van der Waals surface area (Å²) in [4.78, 5) is 27.6. The minimum atomic E-state index is -0.419. The predicted octanol–water partition coefficient (Wildman–Crippen LogP) is 2.70. The molecule has 9 nitrogen and oxygen atoms in total. The molecule has 0 saturated carbocycles. The highest BCUT2D eigenvalue weighted by molar-refractivity contribution is 5.94. The Balaban J connectivity index is 1.51. The molecule has 0 aliphatic carbocycles. The van der Waals surface area contributed by atoms with Gasteiger partial charge in [-0.25, -0.2) is 0 Å². The van der Waals surface area contributed by atoms with Gasteiger partial charge in [0.2, 0.25) is 0 Å². The van der Waals surface area contributed by atoms with Crippen molar-refractivity contribution in [3.8, 4) is 5.69 Å². The molecule has 1 saturated heterocycles. The first-order chi connectivity index (χ1) is 14.6. The monoisotopic (exact) mass is 406 g/mol. The van der Waals surface area contributed by atoms with Crippen LogP contribution in [0.3, 0.4) is 0 Å². The third kappa shape index (κ3) is 3.86. The van der Waals surface area contributed by atoms with Crippen LogP contribution in [0.25, 0.3) is 5.69 Å². The van der Waals surface area contributed by atoms with Gasteiger partial charge in [0.15, 0.2) is 0 Å². The topological polar surface area (TPSA) is 97.4 Å². The number of anilines is 1. The SMILES string of the molecule is CCc1ccc(C(=O)N2CCN(c3ccc([N+](=O)[O-])cc3-n3cnnc3)CC2)cc1. The molecule has 0 N–H and O–H groups in total. The van der Waals surface area contributed by atoms with Crippen molar-refractivity contribution in [3.05, 3.63) is 76.4 Å². The number of benzene rings is 2. The molecule has 1 amide bonds. The van der Waals surface area contributed by atoms with Crippen molar-refractivity contribution in [2.75, 3.05) is 31.1 Å². The molecule has 154 valence electrons. The number of aryl methyl sites for hydroxylation is 1. The van der Waals surface area contributed by atoms with Crippen LogP contribution in [-0.2, 0) is 6.42 Å². The number of piperazine rings is 1. The Labute approximate surface area is 173 Å². The molecule has 1 aromatic heterocycles. The number of rotatable bonds is 5. The zero-order chi connectivity index (χ0) is 21.1. The van der Waals surface area contributed by atoms with E-state index in [0.717, 1.165) is 12.1 Å². The number of hydrogen-bond donors (Lipinski definition) is 0. The molecule has 2 heterocycles. The van der Waals surface area contributed by atoms with E-state index in [-0.39, 0.29) is 11.6 Å². The molecule has 1 fully saturated rings. The molecule has 4 rings (SSSR count). The fraction of sp³-hybridized carbons (Fsp3) is 0.286. The van der Waals surface area contributed by atoms with Crippen molar-refractivity contribution >= 4 is 17.3 Å². The van der Waals surface area contributed by atoms with E-state index in [2.05, 4.69) is 22.0 Å². The van der Waals surface area contributed by atoms with Crippen LogP contribution in [0.4, 0.5) is 11.4 Å². The number of nitrogens with zero attached hydrogens (tertiary/aromatic N) is 6.